The topological polar surface area (TPSA) is 111 Å². The minimum atomic E-state index is -4.05. The van der Waals surface area contributed by atoms with E-state index >= 15 is 0 Å². The van der Waals surface area contributed by atoms with Crippen molar-refractivity contribution in [2.45, 2.75) is 57.2 Å². The van der Waals surface area contributed by atoms with Crippen molar-refractivity contribution in [3.8, 4) is 10.4 Å². The largest absolute Gasteiger partial charge is 0.477 e. The van der Waals surface area contributed by atoms with Crippen molar-refractivity contribution in [3.63, 3.8) is 0 Å². The Morgan fingerprint density at radius 3 is 2.43 bits per heavy atom. The standard InChI is InChI=1S/C33H40N4O5S2/c1-4-29(25-17-18-30(34-20-25)35(5-2)6-3)44(41,42)36-21-27(23-13-9-7-10-14-23)37(31(38)22-36)26-19-28(43-32(26)33(39)40)24-15-11-8-12-16-24/h4,8,11-12,15-20,23,27,29H,1,5-7,9-10,13-14,21-22H2,2-3H3,(H,39,40). The fourth-order valence-corrected chi connectivity index (χ4v) is 9.19. The normalized spacial score (nSPS) is 19.1. The summed E-state index contributed by atoms with van der Waals surface area (Å²) >= 11 is 1.13. The number of hydrogen-bond acceptors (Lipinski definition) is 7. The van der Waals surface area contributed by atoms with Crippen LogP contribution in [0.15, 0.2) is 67.4 Å². The first-order valence-corrected chi connectivity index (χ1v) is 17.6. The van der Waals surface area contributed by atoms with Crippen LogP contribution >= 0.6 is 11.3 Å². The van der Waals surface area contributed by atoms with Gasteiger partial charge in [0.15, 0.2) is 0 Å². The van der Waals surface area contributed by atoms with E-state index in [1.165, 1.54) is 10.4 Å². The van der Waals surface area contributed by atoms with Crippen LogP contribution in [0.25, 0.3) is 10.4 Å². The van der Waals surface area contributed by atoms with E-state index < -0.39 is 33.2 Å². The Kier molecular flexibility index (Phi) is 9.87. The lowest BCUT2D eigenvalue weighted by atomic mass is 9.82. The molecule has 2 fully saturated rings. The summed E-state index contributed by atoms with van der Waals surface area (Å²) in [6, 6.07) is 14.3. The molecule has 3 aromatic rings. The van der Waals surface area contributed by atoms with Crippen LogP contribution in [-0.2, 0) is 14.8 Å². The molecule has 1 amide bonds. The number of carbonyl (C=O) groups is 2. The summed E-state index contributed by atoms with van der Waals surface area (Å²) in [5.74, 6) is -0.720. The molecule has 11 heteroatoms. The molecule has 44 heavy (non-hydrogen) atoms. The molecule has 5 rings (SSSR count). The number of pyridine rings is 1. The highest BCUT2D eigenvalue weighted by molar-refractivity contribution is 7.89. The van der Waals surface area contributed by atoms with Gasteiger partial charge >= 0.3 is 5.97 Å². The second-order valence-corrected chi connectivity index (χ2v) is 14.4. The van der Waals surface area contributed by atoms with Crippen molar-refractivity contribution in [1.82, 2.24) is 9.29 Å². The molecule has 9 nitrogen and oxygen atoms in total. The second kappa shape index (κ2) is 13.6. The summed E-state index contributed by atoms with van der Waals surface area (Å²) in [4.78, 5) is 35.5. The quantitative estimate of drug-likeness (QED) is 0.249. The number of sulfonamides is 1. The molecule has 1 saturated heterocycles. The van der Waals surface area contributed by atoms with Crippen molar-refractivity contribution in [3.05, 3.63) is 77.8 Å². The maximum atomic E-state index is 14.2. The average molecular weight is 637 g/mol. The molecule has 0 bridgehead atoms. The number of piperazine rings is 1. The molecular formula is C33H40N4O5S2. The van der Waals surface area contributed by atoms with E-state index in [4.69, 9.17) is 0 Å². The minimum Gasteiger partial charge on any atom is -0.477 e. The molecule has 1 aromatic carbocycles. The number of carbonyl (C=O) groups excluding carboxylic acids is 1. The number of rotatable bonds is 11. The molecule has 2 aromatic heterocycles. The summed E-state index contributed by atoms with van der Waals surface area (Å²) < 4.78 is 29.6. The van der Waals surface area contributed by atoms with E-state index in [0.717, 1.165) is 72.8 Å². The molecule has 2 aliphatic rings. The smallest absolute Gasteiger partial charge is 0.348 e. The number of hydrogen-bond donors (Lipinski definition) is 1. The van der Waals surface area contributed by atoms with Gasteiger partial charge < -0.3 is 14.9 Å². The number of nitrogens with zero attached hydrogens (tertiary/aromatic N) is 4. The Labute approximate surface area is 263 Å². The van der Waals surface area contributed by atoms with E-state index in [9.17, 15) is 23.1 Å². The zero-order chi connectivity index (χ0) is 31.4. The zero-order valence-corrected chi connectivity index (χ0v) is 26.9. The number of benzene rings is 1. The number of aromatic nitrogens is 1. The highest BCUT2D eigenvalue weighted by Crippen LogP contribution is 2.42. The number of amides is 1. The Balaban J connectivity index is 1.50. The molecule has 2 atom stereocenters. The van der Waals surface area contributed by atoms with Crippen LogP contribution in [0.1, 0.15) is 66.4 Å². The Morgan fingerprint density at radius 1 is 1.14 bits per heavy atom. The minimum absolute atomic E-state index is 0.0459. The number of aromatic carboxylic acids is 1. The first kappa shape index (κ1) is 31.9. The number of thiophene rings is 1. The Bertz CT molecular complexity index is 1580. The first-order valence-electron chi connectivity index (χ1n) is 15.3. The van der Waals surface area contributed by atoms with Gasteiger partial charge in [0, 0.05) is 30.7 Å². The Morgan fingerprint density at radius 2 is 1.84 bits per heavy atom. The zero-order valence-electron chi connectivity index (χ0n) is 25.3. The van der Waals surface area contributed by atoms with Crippen LogP contribution < -0.4 is 9.80 Å². The Hall–Kier alpha value is -3.54. The van der Waals surface area contributed by atoms with Gasteiger partial charge in [0.25, 0.3) is 0 Å². The van der Waals surface area contributed by atoms with Crippen molar-refractivity contribution >= 4 is 44.7 Å². The van der Waals surface area contributed by atoms with Crippen molar-refractivity contribution in [2.24, 2.45) is 5.92 Å². The molecule has 0 spiro atoms. The van der Waals surface area contributed by atoms with Crippen LogP contribution in [0.3, 0.4) is 0 Å². The predicted molar refractivity (Wildman–Crippen MR) is 176 cm³/mol. The molecule has 234 valence electrons. The maximum absolute atomic E-state index is 14.2. The third kappa shape index (κ3) is 6.31. The van der Waals surface area contributed by atoms with E-state index in [0.29, 0.717) is 11.3 Å². The van der Waals surface area contributed by atoms with Crippen LogP contribution in [0.2, 0.25) is 0 Å². The van der Waals surface area contributed by atoms with Gasteiger partial charge in [-0.1, -0.05) is 61.7 Å². The molecule has 3 heterocycles. The average Bonchev–Trinajstić information content (AvgIpc) is 3.48. The van der Waals surface area contributed by atoms with Gasteiger partial charge in [0.2, 0.25) is 15.9 Å². The number of carboxylic acid groups (broad SMARTS) is 1. The van der Waals surface area contributed by atoms with Gasteiger partial charge in [-0.05, 0) is 55.9 Å². The van der Waals surface area contributed by atoms with Crippen molar-refractivity contribution in [1.29, 1.82) is 0 Å². The summed E-state index contributed by atoms with van der Waals surface area (Å²) in [6.45, 7) is 9.18. The summed E-state index contributed by atoms with van der Waals surface area (Å²) in [6.07, 6.45) is 7.73. The highest BCUT2D eigenvalue weighted by Gasteiger charge is 2.45. The summed E-state index contributed by atoms with van der Waals surface area (Å²) in [5.41, 5.74) is 1.69. The van der Waals surface area contributed by atoms with Gasteiger partial charge in [0.1, 0.15) is 15.9 Å². The summed E-state index contributed by atoms with van der Waals surface area (Å²) in [5, 5.41) is 9.11. The van der Waals surface area contributed by atoms with Crippen LogP contribution in [0, 0.1) is 5.92 Å². The molecule has 0 radical (unpaired) electrons. The van der Waals surface area contributed by atoms with E-state index in [1.807, 2.05) is 50.2 Å². The molecular weight excluding hydrogens is 597 g/mol. The lowest BCUT2D eigenvalue weighted by Crippen LogP contribution is -2.61. The molecule has 1 aliphatic carbocycles. The van der Waals surface area contributed by atoms with Crippen LogP contribution in [-0.4, -0.2) is 66.9 Å². The molecule has 1 saturated carbocycles. The lowest BCUT2D eigenvalue weighted by Gasteiger charge is -2.45. The van der Waals surface area contributed by atoms with E-state index in [2.05, 4.69) is 16.5 Å². The fraction of sp³-hybridized carbons (Fsp3) is 0.424. The van der Waals surface area contributed by atoms with Crippen LogP contribution in [0.5, 0.6) is 0 Å². The van der Waals surface area contributed by atoms with E-state index in [-0.39, 0.29) is 23.9 Å². The maximum Gasteiger partial charge on any atom is 0.348 e. The molecule has 2 unspecified atom stereocenters. The number of anilines is 2. The third-order valence-electron chi connectivity index (χ3n) is 8.80. The van der Waals surface area contributed by atoms with Crippen molar-refractivity contribution < 1.29 is 23.1 Å². The second-order valence-electron chi connectivity index (χ2n) is 11.3. The van der Waals surface area contributed by atoms with E-state index in [1.54, 1.807) is 23.2 Å². The summed E-state index contributed by atoms with van der Waals surface area (Å²) in [7, 11) is -4.05. The fourth-order valence-electron chi connectivity index (χ4n) is 6.50. The molecule has 1 aliphatic heterocycles. The van der Waals surface area contributed by atoms with Gasteiger partial charge in [-0.3, -0.25) is 4.79 Å². The van der Waals surface area contributed by atoms with Gasteiger partial charge in [0.05, 0.1) is 18.3 Å². The van der Waals surface area contributed by atoms with Gasteiger partial charge in [-0.2, -0.15) is 4.31 Å². The SMILES string of the molecule is C=CC(c1ccc(N(CC)CC)nc1)S(=O)(=O)N1CC(=O)N(c2cc(-c3ccccc3)sc2C(=O)O)C(C2CCCCC2)C1. The number of carboxylic acids is 1. The highest BCUT2D eigenvalue weighted by atomic mass is 32.2. The molecule has 1 N–H and O–H groups in total. The predicted octanol–water partition coefficient (Wildman–Crippen LogP) is 6.21. The third-order valence-corrected chi connectivity index (χ3v) is 12.1. The van der Waals surface area contributed by atoms with Gasteiger partial charge in [-0.15, -0.1) is 17.9 Å². The first-order chi connectivity index (χ1) is 21.2. The lowest BCUT2D eigenvalue weighted by molar-refractivity contribution is -0.121. The van der Waals surface area contributed by atoms with Crippen molar-refractivity contribution in [2.75, 3.05) is 36.0 Å². The van der Waals surface area contributed by atoms with Gasteiger partial charge in [-0.25, -0.2) is 18.2 Å². The van der Waals surface area contributed by atoms with Crippen LogP contribution in [0.4, 0.5) is 11.5 Å². The monoisotopic (exact) mass is 636 g/mol.